The van der Waals surface area contributed by atoms with Gasteiger partial charge in [-0.1, -0.05) is 79.7 Å². The molecule has 1 N–H and O–H groups in total. The second kappa shape index (κ2) is 11.7. The number of hydrazone groups is 1. The summed E-state index contributed by atoms with van der Waals surface area (Å²) in [6.07, 6.45) is 2.81. The fraction of sp³-hybridized carbons (Fsp3) is 0.200. The fourth-order valence-corrected chi connectivity index (χ4v) is 6.02. The molecule has 7 rings (SSSR count). The van der Waals surface area contributed by atoms with Crippen LogP contribution in [0.3, 0.4) is 0 Å². The van der Waals surface area contributed by atoms with Crippen molar-refractivity contribution >= 4 is 22.7 Å². The number of tetrazole rings is 1. The average Bonchev–Trinajstić information content (AvgIpc) is 3.71. The molecule has 0 radical (unpaired) electrons. The minimum absolute atomic E-state index is 0.0394. The lowest BCUT2D eigenvalue weighted by atomic mass is 9.94. The van der Waals surface area contributed by atoms with Gasteiger partial charge in [-0.3, -0.25) is 9.36 Å². The van der Waals surface area contributed by atoms with Crippen LogP contribution in [0, 0.1) is 6.92 Å². The molecule has 0 bridgehead atoms. The normalized spacial score (nSPS) is 13.5. The molecule has 0 atom stereocenters. The van der Waals surface area contributed by atoms with Gasteiger partial charge < -0.3 is 0 Å². The molecule has 1 aliphatic rings. The Morgan fingerprint density at radius 3 is 2.43 bits per heavy atom. The van der Waals surface area contributed by atoms with E-state index in [1.807, 2.05) is 48.5 Å². The summed E-state index contributed by atoms with van der Waals surface area (Å²) in [6, 6.07) is 30.9. The number of rotatable bonds is 8. The van der Waals surface area contributed by atoms with Crippen molar-refractivity contribution in [1.29, 1.82) is 0 Å². The first kappa shape index (κ1) is 27.4. The lowest BCUT2D eigenvalue weighted by Gasteiger charge is -2.24. The van der Waals surface area contributed by atoms with Crippen LogP contribution in [0.5, 0.6) is 0 Å². The molecule has 1 amide bonds. The lowest BCUT2D eigenvalue weighted by molar-refractivity contribution is -0.132. The van der Waals surface area contributed by atoms with Gasteiger partial charge in [0.15, 0.2) is 5.82 Å². The SMILES string of the molecule is CCCc1nc2ccc(C3=NN(Cc4ccccc4)C(=O)CC3)cc2n1-c1ccc(-c2ccccc2)c(-c2nnn[nH]2)c1C. The van der Waals surface area contributed by atoms with Crippen LogP contribution in [0.2, 0.25) is 0 Å². The van der Waals surface area contributed by atoms with Gasteiger partial charge in [0.05, 0.1) is 29.0 Å². The van der Waals surface area contributed by atoms with Crippen LogP contribution < -0.4 is 0 Å². The molecule has 1 aliphatic heterocycles. The van der Waals surface area contributed by atoms with Crippen molar-refractivity contribution in [2.75, 3.05) is 0 Å². The smallest absolute Gasteiger partial charge is 0.243 e. The summed E-state index contributed by atoms with van der Waals surface area (Å²) >= 11 is 0. The summed E-state index contributed by atoms with van der Waals surface area (Å²) < 4.78 is 2.26. The molecule has 0 saturated carbocycles. The highest BCUT2D eigenvalue weighted by Gasteiger charge is 2.24. The van der Waals surface area contributed by atoms with Gasteiger partial charge in [-0.25, -0.2) is 15.1 Å². The highest BCUT2D eigenvalue weighted by Crippen LogP contribution is 2.37. The van der Waals surface area contributed by atoms with E-state index in [0.717, 1.165) is 74.5 Å². The zero-order valence-electron chi connectivity index (χ0n) is 24.7. The molecule has 9 heteroatoms. The molecule has 44 heavy (non-hydrogen) atoms. The number of imidazole rings is 1. The van der Waals surface area contributed by atoms with Gasteiger partial charge in [-0.15, -0.1) is 5.10 Å². The first-order valence-corrected chi connectivity index (χ1v) is 15.0. The molecule has 0 spiro atoms. The molecule has 6 aromatic rings. The van der Waals surface area contributed by atoms with Crippen molar-refractivity contribution in [3.63, 3.8) is 0 Å². The quantitative estimate of drug-likeness (QED) is 0.217. The Kier molecular flexibility index (Phi) is 7.27. The predicted octanol–water partition coefficient (Wildman–Crippen LogP) is 6.66. The number of aromatic nitrogens is 6. The number of amides is 1. The van der Waals surface area contributed by atoms with Gasteiger partial charge in [0.25, 0.3) is 0 Å². The highest BCUT2D eigenvalue weighted by atomic mass is 16.2. The Bertz CT molecular complexity index is 1980. The van der Waals surface area contributed by atoms with Crippen molar-refractivity contribution in [3.05, 3.63) is 114 Å². The Hall–Kier alpha value is -5.44. The van der Waals surface area contributed by atoms with Crippen LogP contribution in [0.25, 0.3) is 39.2 Å². The number of carbonyl (C=O) groups is 1. The molecule has 0 saturated heterocycles. The number of H-pyrrole nitrogens is 1. The Balaban J connectivity index is 1.37. The van der Waals surface area contributed by atoms with E-state index in [-0.39, 0.29) is 5.91 Å². The Morgan fingerprint density at radius 2 is 1.68 bits per heavy atom. The van der Waals surface area contributed by atoms with Gasteiger partial charge in [0.2, 0.25) is 5.91 Å². The molecule has 218 valence electrons. The van der Waals surface area contributed by atoms with Gasteiger partial charge in [-0.05, 0) is 69.8 Å². The van der Waals surface area contributed by atoms with E-state index in [9.17, 15) is 4.79 Å². The van der Waals surface area contributed by atoms with E-state index >= 15 is 0 Å². The number of fused-ring (bicyclic) bond motifs is 1. The Labute approximate surface area is 255 Å². The van der Waals surface area contributed by atoms with Crippen LogP contribution in [0.15, 0.2) is 96.1 Å². The maximum Gasteiger partial charge on any atom is 0.243 e. The number of aryl methyl sites for hydroxylation is 1. The van der Waals surface area contributed by atoms with E-state index in [1.165, 1.54) is 0 Å². The molecule has 4 aromatic carbocycles. The summed E-state index contributed by atoms with van der Waals surface area (Å²) in [5, 5.41) is 21.5. The first-order chi connectivity index (χ1) is 21.6. The van der Waals surface area contributed by atoms with Crippen molar-refractivity contribution in [3.8, 4) is 28.2 Å². The summed E-state index contributed by atoms with van der Waals surface area (Å²) in [7, 11) is 0. The minimum Gasteiger partial charge on any atom is -0.296 e. The second-order valence-electron chi connectivity index (χ2n) is 11.0. The topological polar surface area (TPSA) is 105 Å². The lowest BCUT2D eigenvalue weighted by Crippen LogP contribution is -2.31. The van der Waals surface area contributed by atoms with Crippen LogP contribution in [-0.2, 0) is 17.8 Å². The third-order valence-corrected chi connectivity index (χ3v) is 8.16. The van der Waals surface area contributed by atoms with Gasteiger partial charge in [-0.2, -0.15) is 5.10 Å². The zero-order chi connectivity index (χ0) is 30.0. The molecule has 3 heterocycles. The largest absolute Gasteiger partial charge is 0.296 e. The Morgan fingerprint density at radius 1 is 0.886 bits per heavy atom. The van der Waals surface area contributed by atoms with E-state index in [0.29, 0.717) is 25.2 Å². The van der Waals surface area contributed by atoms with E-state index in [1.54, 1.807) is 5.01 Å². The highest BCUT2D eigenvalue weighted by molar-refractivity contribution is 6.06. The van der Waals surface area contributed by atoms with Crippen molar-refractivity contribution in [2.45, 2.75) is 46.1 Å². The molecular weight excluding hydrogens is 548 g/mol. The van der Waals surface area contributed by atoms with Crippen LogP contribution in [-0.4, -0.2) is 46.8 Å². The van der Waals surface area contributed by atoms with Crippen LogP contribution in [0.1, 0.15) is 48.7 Å². The molecule has 0 fully saturated rings. The standard InChI is InChI=1S/C35H32N8O/c1-3-10-32-36-29-17-15-26(28-18-20-33(44)42(39-28)22-24-11-6-4-7-12-24)21-31(29)43(32)30-19-16-27(25-13-8-5-9-14-25)34(23(30)2)35-37-40-41-38-35/h4-9,11-17,19,21H,3,10,18,20,22H2,1-2H3,(H,37,38,40,41). The number of carbonyl (C=O) groups excluding carboxylic acids is 1. The second-order valence-corrected chi connectivity index (χ2v) is 11.0. The van der Waals surface area contributed by atoms with Crippen molar-refractivity contribution < 1.29 is 4.79 Å². The number of benzene rings is 4. The van der Waals surface area contributed by atoms with Crippen LogP contribution in [0.4, 0.5) is 0 Å². The number of aromatic amines is 1. The monoisotopic (exact) mass is 580 g/mol. The predicted molar refractivity (Wildman–Crippen MR) is 171 cm³/mol. The fourth-order valence-electron chi connectivity index (χ4n) is 6.02. The van der Waals surface area contributed by atoms with E-state index in [2.05, 4.69) is 81.5 Å². The van der Waals surface area contributed by atoms with E-state index in [4.69, 9.17) is 10.1 Å². The summed E-state index contributed by atoms with van der Waals surface area (Å²) in [6.45, 7) is 4.74. The number of nitrogens with one attached hydrogen (secondary N) is 1. The molecule has 9 nitrogen and oxygen atoms in total. The molecule has 2 aromatic heterocycles. The van der Waals surface area contributed by atoms with Crippen LogP contribution >= 0.6 is 0 Å². The minimum atomic E-state index is 0.0394. The zero-order valence-corrected chi connectivity index (χ0v) is 24.7. The van der Waals surface area contributed by atoms with E-state index < -0.39 is 0 Å². The average molecular weight is 581 g/mol. The number of hydrogen-bond donors (Lipinski definition) is 1. The van der Waals surface area contributed by atoms with Gasteiger partial charge in [0, 0.05) is 24.8 Å². The third-order valence-electron chi connectivity index (χ3n) is 8.16. The summed E-state index contributed by atoms with van der Waals surface area (Å²) in [5.74, 6) is 1.64. The van der Waals surface area contributed by atoms with Gasteiger partial charge >= 0.3 is 0 Å². The van der Waals surface area contributed by atoms with Crippen molar-refractivity contribution in [1.82, 2.24) is 35.2 Å². The summed E-state index contributed by atoms with van der Waals surface area (Å²) in [5.41, 5.74) is 10.0. The number of hydrogen-bond acceptors (Lipinski definition) is 6. The maximum atomic E-state index is 12.8. The van der Waals surface area contributed by atoms with Gasteiger partial charge in [0.1, 0.15) is 5.82 Å². The maximum absolute atomic E-state index is 12.8. The third kappa shape index (κ3) is 5.06. The van der Waals surface area contributed by atoms with Crippen molar-refractivity contribution in [2.24, 2.45) is 5.10 Å². The molecular formula is C35H32N8O. The summed E-state index contributed by atoms with van der Waals surface area (Å²) in [4.78, 5) is 17.9. The molecule has 0 unspecified atom stereocenters. The first-order valence-electron chi connectivity index (χ1n) is 15.0. The number of nitrogens with zero attached hydrogens (tertiary/aromatic N) is 7. The molecule has 0 aliphatic carbocycles.